The van der Waals surface area contributed by atoms with Gasteiger partial charge in [-0.1, -0.05) is 5.16 Å². The highest BCUT2D eigenvalue weighted by Crippen LogP contribution is 2.22. The molecule has 2 rings (SSSR count). The maximum Gasteiger partial charge on any atom is 0.237 e. The summed E-state index contributed by atoms with van der Waals surface area (Å²) in [5, 5.41) is 3.90. The monoisotopic (exact) mass is 262 g/mol. The van der Waals surface area contributed by atoms with Gasteiger partial charge in [0.25, 0.3) is 0 Å². The van der Waals surface area contributed by atoms with E-state index in [-0.39, 0.29) is 11.7 Å². The fourth-order valence-electron chi connectivity index (χ4n) is 1.44. The molecule has 0 aliphatic rings. The Morgan fingerprint density at radius 3 is 2.56 bits per heavy atom. The Kier molecular flexibility index (Phi) is 3.81. The highest BCUT2D eigenvalue weighted by molar-refractivity contribution is 7.98. The molecule has 0 saturated heterocycles. The number of thioether (sulfide) groups is 1. The second-order valence-electron chi connectivity index (χ2n) is 4.02. The first kappa shape index (κ1) is 12.8. The zero-order chi connectivity index (χ0) is 13.1. The van der Waals surface area contributed by atoms with Gasteiger partial charge in [0, 0.05) is 10.5 Å². The smallest absolute Gasteiger partial charge is 0.237 e. The largest absolute Gasteiger partial charge is 0.338 e. The topological polar surface area (TPSA) is 56.0 Å². The Bertz CT molecular complexity index is 548. The van der Waals surface area contributed by atoms with Gasteiger partial charge in [-0.25, -0.2) is 0 Å². The maximum atomic E-state index is 11.2. The molecule has 0 N–H and O–H groups in total. The van der Waals surface area contributed by atoms with Gasteiger partial charge < -0.3 is 4.52 Å². The highest BCUT2D eigenvalue weighted by Gasteiger charge is 2.18. The number of carbonyl (C=O) groups is 1. The quantitative estimate of drug-likeness (QED) is 0.792. The van der Waals surface area contributed by atoms with Gasteiger partial charge in [-0.05, 0) is 44.4 Å². The number of benzene rings is 1. The molecule has 0 bridgehead atoms. The first-order valence-corrected chi connectivity index (χ1v) is 6.82. The summed E-state index contributed by atoms with van der Waals surface area (Å²) in [5.74, 6) is 0.553. The molecule has 0 aliphatic heterocycles. The summed E-state index contributed by atoms with van der Waals surface area (Å²) >= 11 is 1.68. The summed E-state index contributed by atoms with van der Waals surface area (Å²) in [5.41, 5.74) is 0.888. The van der Waals surface area contributed by atoms with Crippen molar-refractivity contribution in [2.75, 3.05) is 6.26 Å². The molecule has 1 aromatic heterocycles. The molecule has 0 aliphatic carbocycles. The van der Waals surface area contributed by atoms with E-state index >= 15 is 0 Å². The number of hydrogen-bond donors (Lipinski definition) is 0. The van der Waals surface area contributed by atoms with Crippen LogP contribution in [0.4, 0.5) is 0 Å². The van der Waals surface area contributed by atoms with Gasteiger partial charge >= 0.3 is 0 Å². The molecule has 2 aromatic rings. The zero-order valence-electron chi connectivity index (χ0n) is 10.5. The lowest BCUT2D eigenvalue weighted by molar-refractivity contribution is -0.118. The minimum absolute atomic E-state index is 0.0166. The fourth-order valence-corrected chi connectivity index (χ4v) is 1.85. The number of Topliss-reactive ketones (excluding diaryl/α,β-unsaturated/α-hetero) is 1. The lowest BCUT2D eigenvalue weighted by Gasteiger charge is -1.98. The Hall–Kier alpha value is -1.62. The minimum atomic E-state index is -0.350. The van der Waals surface area contributed by atoms with Crippen LogP contribution in [-0.4, -0.2) is 22.2 Å². The average molecular weight is 262 g/mol. The normalized spacial score (nSPS) is 12.4. The van der Waals surface area contributed by atoms with Crippen LogP contribution in [0.1, 0.15) is 25.7 Å². The summed E-state index contributed by atoms with van der Waals surface area (Å²) < 4.78 is 5.11. The first-order valence-electron chi connectivity index (χ1n) is 5.60. The van der Waals surface area contributed by atoms with Crippen LogP contribution < -0.4 is 0 Å². The third kappa shape index (κ3) is 2.61. The van der Waals surface area contributed by atoms with Gasteiger partial charge in [0.1, 0.15) is 5.78 Å². The Balaban J connectivity index is 2.26. The molecule has 0 fully saturated rings. The summed E-state index contributed by atoms with van der Waals surface area (Å²) in [4.78, 5) is 16.7. The molecular weight excluding hydrogens is 248 g/mol. The van der Waals surface area contributed by atoms with Crippen molar-refractivity contribution in [3.8, 4) is 11.4 Å². The van der Waals surface area contributed by atoms with Gasteiger partial charge in [0.15, 0.2) is 0 Å². The maximum absolute atomic E-state index is 11.2. The van der Waals surface area contributed by atoms with Crippen LogP contribution in [0.25, 0.3) is 11.4 Å². The van der Waals surface area contributed by atoms with Crippen LogP contribution in [0.5, 0.6) is 0 Å². The summed E-state index contributed by atoms with van der Waals surface area (Å²) in [7, 11) is 0. The standard InChI is InChI=1S/C13H14N2O2S/c1-8(9(2)16)13-14-12(15-17-13)10-4-6-11(18-3)7-5-10/h4-8H,1-3H3. The van der Waals surface area contributed by atoms with E-state index in [2.05, 4.69) is 10.1 Å². The van der Waals surface area contributed by atoms with Gasteiger partial charge in [-0.15, -0.1) is 11.8 Å². The lowest BCUT2D eigenvalue weighted by atomic mass is 10.1. The van der Waals surface area contributed by atoms with E-state index in [1.54, 1.807) is 18.7 Å². The third-order valence-corrected chi connectivity index (χ3v) is 3.51. The van der Waals surface area contributed by atoms with Crippen molar-refractivity contribution in [2.45, 2.75) is 24.7 Å². The van der Waals surface area contributed by atoms with E-state index in [9.17, 15) is 4.79 Å². The summed E-state index contributed by atoms with van der Waals surface area (Å²) in [6.45, 7) is 3.28. The Labute approximate surface area is 110 Å². The highest BCUT2D eigenvalue weighted by atomic mass is 32.2. The van der Waals surface area contributed by atoms with E-state index in [4.69, 9.17) is 4.52 Å². The molecule has 5 heteroatoms. The number of ketones is 1. The third-order valence-electron chi connectivity index (χ3n) is 2.77. The average Bonchev–Trinajstić information content (AvgIpc) is 2.87. The molecule has 1 unspecified atom stereocenters. The molecule has 4 nitrogen and oxygen atoms in total. The van der Waals surface area contributed by atoms with E-state index in [0.717, 1.165) is 5.56 Å². The van der Waals surface area contributed by atoms with Gasteiger partial charge in [0.2, 0.25) is 11.7 Å². The molecule has 18 heavy (non-hydrogen) atoms. The van der Waals surface area contributed by atoms with Crippen LogP contribution in [0.15, 0.2) is 33.7 Å². The Morgan fingerprint density at radius 2 is 2.00 bits per heavy atom. The van der Waals surface area contributed by atoms with Crippen LogP contribution >= 0.6 is 11.8 Å². The first-order chi connectivity index (χ1) is 8.61. The van der Waals surface area contributed by atoms with E-state index < -0.39 is 0 Å². The molecule has 1 heterocycles. The zero-order valence-corrected chi connectivity index (χ0v) is 11.3. The predicted molar refractivity (Wildman–Crippen MR) is 70.6 cm³/mol. The van der Waals surface area contributed by atoms with Crippen LogP contribution in [0.3, 0.4) is 0 Å². The van der Waals surface area contributed by atoms with Gasteiger partial charge in [0.05, 0.1) is 5.92 Å². The van der Waals surface area contributed by atoms with Crippen molar-refractivity contribution in [3.05, 3.63) is 30.2 Å². The molecule has 0 amide bonds. The van der Waals surface area contributed by atoms with Crippen molar-refractivity contribution in [1.29, 1.82) is 0 Å². The predicted octanol–water partition coefficient (Wildman–Crippen LogP) is 3.15. The second-order valence-corrected chi connectivity index (χ2v) is 4.90. The van der Waals surface area contributed by atoms with Crippen LogP contribution in [-0.2, 0) is 4.79 Å². The van der Waals surface area contributed by atoms with E-state index in [1.165, 1.54) is 11.8 Å². The fraction of sp³-hybridized carbons (Fsp3) is 0.308. The van der Waals surface area contributed by atoms with Gasteiger partial charge in [-0.3, -0.25) is 4.79 Å². The summed E-state index contributed by atoms with van der Waals surface area (Å²) in [6.07, 6.45) is 2.02. The molecule has 94 valence electrons. The van der Waals surface area contributed by atoms with Crippen molar-refractivity contribution in [1.82, 2.24) is 10.1 Å². The van der Waals surface area contributed by atoms with Crippen molar-refractivity contribution in [3.63, 3.8) is 0 Å². The molecule has 0 radical (unpaired) electrons. The van der Waals surface area contributed by atoms with Crippen LogP contribution in [0, 0.1) is 0 Å². The van der Waals surface area contributed by atoms with E-state index in [1.807, 2.05) is 30.5 Å². The Morgan fingerprint density at radius 1 is 1.33 bits per heavy atom. The molecule has 1 atom stereocenters. The number of carbonyl (C=O) groups excluding carboxylic acids is 1. The minimum Gasteiger partial charge on any atom is -0.338 e. The molecule has 0 spiro atoms. The second kappa shape index (κ2) is 5.35. The number of hydrogen-bond acceptors (Lipinski definition) is 5. The molecule has 1 aromatic carbocycles. The number of nitrogens with zero attached hydrogens (tertiary/aromatic N) is 2. The lowest BCUT2D eigenvalue weighted by Crippen LogP contribution is -2.04. The van der Waals surface area contributed by atoms with Crippen molar-refractivity contribution in [2.24, 2.45) is 0 Å². The SMILES string of the molecule is CSc1ccc(-c2noc(C(C)C(C)=O)n2)cc1. The van der Waals surface area contributed by atoms with Crippen LogP contribution in [0.2, 0.25) is 0 Å². The van der Waals surface area contributed by atoms with Crippen molar-refractivity contribution < 1.29 is 9.32 Å². The number of aromatic nitrogens is 2. The molecular formula is C13H14N2O2S. The summed E-state index contributed by atoms with van der Waals surface area (Å²) in [6, 6.07) is 7.90. The van der Waals surface area contributed by atoms with Crippen molar-refractivity contribution >= 4 is 17.5 Å². The number of rotatable bonds is 4. The van der Waals surface area contributed by atoms with Gasteiger partial charge in [-0.2, -0.15) is 4.98 Å². The molecule has 0 saturated carbocycles. The van der Waals surface area contributed by atoms with E-state index in [0.29, 0.717) is 11.7 Å².